The Balaban J connectivity index is 1.61. The third kappa shape index (κ3) is 5.04. The normalized spacial score (nSPS) is 15.5. The molecule has 1 saturated carbocycles. The van der Waals surface area contributed by atoms with E-state index >= 15 is 0 Å². The molecular weight excluding hydrogens is 390 g/mol. The van der Waals surface area contributed by atoms with Gasteiger partial charge in [0.2, 0.25) is 0 Å². The van der Waals surface area contributed by atoms with Gasteiger partial charge in [0.25, 0.3) is 5.56 Å². The molecule has 1 aromatic heterocycles. The maximum atomic E-state index is 12.5. The van der Waals surface area contributed by atoms with Crippen LogP contribution in [0.3, 0.4) is 0 Å². The lowest BCUT2D eigenvalue weighted by Gasteiger charge is -2.22. The number of nitrogens with zero attached hydrogens (tertiary/aromatic N) is 3. The van der Waals surface area contributed by atoms with Crippen LogP contribution < -0.4 is 5.56 Å². The Hall–Kier alpha value is -1.46. The van der Waals surface area contributed by atoms with E-state index in [0.717, 1.165) is 29.8 Å². The third-order valence-corrected chi connectivity index (χ3v) is 6.15. The summed E-state index contributed by atoms with van der Waals surface area (Å²) < 4.78 is 2.88. The second-order valence-corrected chi connectivity index (χ2v) is 7.99. The van der Waals surface area contributed by atoms with E-state index in [2.05, 4.69) is 50.9 Å². The Kier molecular flexibility index (Phi) is 7.03. The minimum atomic E-state index is 0.0810. The molecule has 3 rings (SSSR count). The van der Waals surface area contributed by atoms with Crippen molar-refractivity contribution in [2.45, 2.75) is 58.0 Å². The molecule has 0 atom stereocenters. The van der Waals surface area contributed by atoms with Gasteiger partial charge in [-0.3, -0.25) is 14.3 Å². The van der Waals surface area contributed by atoms with Crippen molar-refractivity contribution in [3.63, 3.8) is 0 Å². The lowest BCUT2D eigenvalue weighted by atomic mass is 9.87. The van der Waals surface area contributed by atoms with Crippen molar-refractivity contribution in [2.75, 3.05) is 13.1 Å². The molecule has 4 nitrogen and oxygen atoms in total. The molecule has 1 aliphatic carbocycles. The van der Waals surface area contributed by atoms with Crippen LogP contribution in [0.1, 0.15) is 56.2 Å². The Morgan fingerprint density at radius 1 is 1.23 bits per heavy atom. The summed E-state index contributed by atoms with van der Waals surface area (Å²) in [7, 11) is 0. The first-order chi connectivity index (χ1) is 12.7. The SMILES string of the molecule is CCN(CCn1cnc(C2CCCCC2)cc1=O)Cc1ccccc1Br. The molecule has 0 bridgehead atoms. The maximum Gasteiger partial charge on any atom is 0.253 e. The molecule has 0 radical (unpaired) electrons. The number of hydrogen-bond acceptors (Lipinski definition) is 3. The topological polar surface area (TPSA) is 38.1 Å². The van der Waals surface area contributed by atoms with Crippen molar-refractivity contribution < 1.29 is 0 Å². The fraction of sp³-hybridized carbons (Fsp3) is 0.524. The van der Waals surface area contributed by atoms with Gasteiger partial charge in [-0.2, -0.15) is 0 Å². The van der Waals surface area contributed by atoms with Crippen LogP contribution in [-0.2, 0) is 13.1 Å². The molecule has 5 heteroatoms. The summed E-state index contributed by atoms with van der Waals surface area (Å²) in [5, 5.41) is 0. The molecule has 26 heavy (non-hydrogen) atoms. The van der Waals surface area contributed by atoms with Crippen LogP contribution in [0.15, 0.2) is 45.9 Å². The van der Waals surface area contributed by atoms with E-state index in [9.17, 15) is 4.79 Å². The van der Waals surface area contributed by atoms with Crippen LogP contribution in [-0.4, -0.2) is 27.5 Å². The summed E-state index contributed by atoms with van der Waals surface area (Å²) in [6.07, 6.45) is 7.93. The fourth-order valence-electron chi connectivity index (χ4n) is 3.70. The predicted octanol–water partition coefficient (Wildman–Crippen LogP) is 4.58. The summed E-state index contributed by atoms with van der Waals surface area (Å²) in [4.78, 5) is 19.4. The van der Waals surface area contributed by atoms with Crippen LogP contribution in [0.5, 0.6) is 0 Å². The van der Waals surface area contributed by atoms with E-state index in [1.165, 1.54) is 37.7 Å². The lowest BCUT2D eigenvalue weighted by molar-refractivity contribution is 0.265. The van der Waals surface area contributed by atoms with Gasteiger partial charge in [-0.1, -0.05) is 60.3 Å². The second kappa shape index (κ2) is 9.47. The molecule has 1 fully saturated rings. The van der Waals surface area contributed by atoms with Crippen molar-refractivity contribution in [3.8, 4) is 0 Å². The Bertz CT molecular complexity index is 768. The molecule has 0 amide bonds. The molecule has 0 saturated heterocycles. The number of halogens is 1. The highest BCUT2D eigenvalue weighted by Crippen LogP contribution is 2.30. The molecule has 140 valence electrons. The third-order valence-electron chi connectivity index (χ3n) is 5.38. The number of benzene rings is 1. The summed E-state index contributed by atoms with van der Waals surface area (Å²) in [6.45, 7) is 5.49. The first kappa shape index (κ1) is 19.3. The van der Waals surface area contributed by atoms with Crippen molar-refractivity contribution >= 4 is 15.9 Å². The number of rotatable bonds is 7. The van der Waals surface area contributed by atoms with Gasteiger partial charge < -0.3 is 0 Å². The quantitative estimate of drug-likeness (QED) is 0.661. The molecular formula is C21H28BrN3O. The molecule has 1 aromatic carbocycles. The fourth-order valence-corrected chi connectivity index (χ4v) is 4.11. The number of likely N-dealkylation sites (N-methyl/N-ethyl adjacent to an activating group) is 1. The predicted molar refractivity (Wildman–Crippen MR) is 109 cm³/mol. The highest BCUT2D eigenvalue weighted by Gasteiger charge is 2.17. The molecule has 0 unspecified atom stereocenters. The summed E-state index contributed by atoms with van der Waals surface area (Å²) in [5.41, 5.74) is 2.34. The lowest BCUT2D eigenvalue weighted by Crippen LogP contribution is -2.31. The van der Waals surface area contributed by atoms with E-state index in [-0.39, 0.29) is 5.56 Å². The average molecular weight is 418 g/mol. The Labute approximate surface area is 164 Å². The van der Waals surface area contributed by atoms with Crippen LogP contribution in [0.4, 0.5) is 0 Å². The molecule has 0 spiro atoms. The van der Waals surface area contributed by atoms with E-state index in [1.54, 1.807) is 17.0 Å². The standard InChI is InChI=1S/C21H28BrN3O/c1-2-24(15-18-10-6-7-11-19(18)22)12-13-25-16-23-20(14-21(25)26)17-8-4-3-5-9-17/h6-7,10-11,14,16-17H,2-5,8-9,12-13,15H2,1H3. The number of aromatic nitrogens is 2. The van der Waals surface area contributed by atoms with Gasteiger partial charge in [0.15, 0.2) is 0 Å². The van der Waals surface area contributed by atoms with E-state index < -0.39 is 0 Å². The highest BCUT2D eigenvalue weighted by atomic mass is 79.9. The minimum Gasteiger partial charge on any atom is -0.298 e. The average Bonchev–Trinajstić information content (AvgIpc) is 2.68. The first-order valence-electron chi connectivity index (χ1n) is 9.69. The van der Waals surface area contributed by atoms with Crippen LogP contribution in [0.25, 0.3) is 0 Å². The Morgan fingerprint density at radius 2 is 2.00 bits per heavy atom. The number of hydrogen-bond donors (Lipinski definition) is 0. The van der Waals surface area contributed by atoms with Crippen molar-refractivity contribution in [2.24, 2.45) is 0 Å². The van der Waals surface area contributed by atoms with Gasteiger partial charge >= 0.3 is 0 Å². The van der Waals surface area contributed by atoms with Crippen molar-refractivity contribution in [1.82, 2.24) is 14.5 Å². The smallest absolute Gasteiger partial charge is 0.253 e. The van der Waals surface area contributed by atoms with Crippen LogP contribution in [0.2, 0.25) is 0 Å². The molecule has 0 aliphatic heterocycles. The summed E-state index contributed by atoms with van der Waals surface area (Å²) >= 11 is 3.62. The first-order valence-corrected chi connectivity index (χ1v) is 10.5. The van der Waals surface area contributed by atoms with Gasteiger partial charge in [-0.25, -0.2) is 4.98 Å². The van der Waals surface area contributed by atoms with E-state index in [0.29, 0.717) is 12.5 Å². The van der Waals surface area contributed by atoms with E-state index in [4.69, 9.17) is 0 Å². The monoisotopic (exact) mass is 417 g/mol. The van der Waals surface area contributed by atoms with Gasteiger partial charge in [0.05, 0.1) is 12.0 Å². The molecule has 1 heterocycles. The summed E-state index contributed by atoms with van der Waals surface area (Å²) in [5.74, 6) is 0.480. The molecule has 1 aliphatic rings. The highest BCUT2D eigenvalue weighted by molar-refractivity contribution is 9.10. The van der Waals surface area contributed by atoms with E-state index in [1.807, 2.05) is 6.07 Å². The summed E-state index contributed by atoms with van der Waals surface area (Å²) in [6, 6.07) is 10.1. The van der Waals surface area contributed by atoms with Gasteiger partial charge in [-0.15, -0.1) is 0 Å². The van der Waals surface area contributed by atoms with Gasteiger partial charge in [0, 0.05) is 36.1 Å². The minimum absolute atomic E-state index is 0.0810. The zero-order valence-corrected chi connectivity index (χ0v) is 17.1. The largest absolute Gasteiger partial charge is 0.298 e. The zero-order valence-electron chi connectivity index (χ0n) is 15.5. The van der Waals surface area contributed by atoms with Crippen molar-refractivity contribution in [3.05, 3.63) is 62.7 Å². The van der Waals surface area contributed by atoms with Crippen molar-refractivity contribution in [1.29, 1.82) is 0 Å². The van der Waals surface area contributed by atoms with Crippen LogP contribution in [0, 0.1) is 0 Å². The van der Waals surface area contributed by atoms with Crippen LogP contribution >= 0.6 is 15.9 Å². The molecule has 2 aromatic rings. The Morgan fingerprint density at radius 3 is 2.69 bits per heavy atom. The van der Waals surface area contributed by atoms with Gasteiger partial charge in [0.1, 0.15) is 0 Å². The zero-order chi connectivity index (χ0) is 18.4. The van der Waals surface area contributed by atoms with Gasteiger partial charge in [-0.05, 0) is 31.0 Å². The second-order valence-electron chi connectivity index (χ2n) is 7.14. The molecule has 0 N–H and O–H groups in total. The maximum absolute atomic E-state index is 12.5.